The van der Waals surface area contributed by atoms with Gasteiger partial charge < -0.3 is 11.1 Å². The maximum Gasteiger partial charge on any atom is 0.256 e. The fraction of sp³-hybridized carbons (Fsp3) is 0.526. The van der Waals surface area contributed by atoms with Crippen molar-refractivity contribution in [2.24, 2.45) is 5.73 Å². The summed E-state index contributed by atoms with van der Waals surface area (Å²) in [4.78, 5) is 17.3. The minimum Gasteiger partial charge on any atom is -0.329 e. The molecule has 1 aromatic carbocycles. The first-order valence-corrected chi connectivity index (χ1v) is 9.14. The Balaban J connectivity index is 2.00. The van der Waals surface area contributed by atoms with E-state index in [-0.39, 0.29) is 11.4 Å². The highest BCUT2D eigenvalue weighted by molar-refractivity contribution is 6.34. The molecule has 3 unspecified atom stereocenters. The molecule has 0 saturated carbocycles. The van der Waals surface area contributed by atoms with Gasteiger partial charge >= 0.3 is 0 Å². The number of anilines is 1. The van der Waals surface area contributed by atoms with Crippen molar-refractivity contribution in [2.45, 2.75) is 38.4 Å². The summed E-state index contributed by atoms with van der Waals surface area (Å²) in [6.45, 7) is 8.99. The minimum atomic E-state index is -0.266. The van der Waals surface area contributed by atoms with E-state index < -0.39 is 0 Å². The van der Waals surface area contributed by atoms with Gasteiger partial charge in [-0.25, -0.2) is 0 Å². The van der Waals surface area contributed by atoms with E-state index in [2.05, 4.69) is 49.0 Å². The maximum absolute atomic E-state index is 12.5. The van der Waals surface area contributed by atoms with Crippen LogP contribution in [0.15, 0.2) is 24.3 Å². The van der Waals surface area contributed by atoms with Crippen LogP contribution in [0.1, 0.15) is 26.3 Å². The van der Waals surface area contributed by atoms with E-state index in [0.29, 0.717) is 29.2 Å². The molecule has 2 heterocycles. The molecule has 3 rings (SSSR count). The fourth-order valence-corrected chi connectivity index (χ4v) is 3.97. The number of hydrogen-bond donors (Lipinski definition) is 2. The Morgan fingerprint density at radius 3 is 2.92 bits per heavy atom. The first-order valence-electron chi connectivity index (χ1n) is 8.76. The monoisotopic (exact) mass is 362 g/mol. The van der Waals surface area contributed by atoms with E-state index in [1.807, 2.05) is 12.1 Å². The number of nitrogens with one attached hydrogen (secondary N) is 1. The number of rotatable bonds is 3. The molecule has 3 N–H and O–H groups in total. The van der Waals surface area contributed by atoms with Crippen molar-refractivity contribution in [3.05, 3.63) is 34.9 Å². The predicted octanol–water partition coefficient (Wildman–Crippen LogP) is 2.42. The number of likely N-dealkylation sites (N-methyl/N-ethyl adjacent to an activating group) is 1. The number of benzene rings is 1. The average molecular weight is 363 g/mol. The minimum absolute atomic E-state index is 0.0662. The second-order valence-corrected chi connectivity index (χ2v) is 7.97. The molecular formula is C19H27ClN4O. The van der Waals surface area contributed by atoms with Crippen LogP contribution in [0.25, 0.3) is 5.57 Å². The molecule has 0 radical (unpaired) electrons. The number of carbonyl (C=O) groups is 1. The smallest absolute Gasteiger partial charge is 0.256 e. The predicted molar refractivity (Wildman–Crippen MR) is 104 cm³/mol. The molecule has 3 atom stereocenters. The third-order valence-corrected chi connectivity index (χ3v) is 5.91. The SMILES string of the molecule is CC(CN)N1CC(C)N(C)C(C)(/C=C2\C(=O)Nc3ccc(Cl)cc32)C1. The molecule has 0 aromatic heterocycles. The van der Waals surface area contributed by atoms with Crippen LogP contribution in [0.3, 0.4) is 0 Å². The Bertz CT molecular complexity index is 719. The second-order valence-electron chi connectivity index (χ2n) is 7.53. The molecule has 6 heteroatoms. The number of nitrogens with zero attached hydrogens (tertiary/aromatic N) is 2. The number of amides is 1. The van der Waals surface area contributed by atoms with Crippen molar-refractivity contribution >= 4 is 28.8 Å². The van der Waals surface area contributed by atoms with Crippen LogP contribution < -0.4 is 11.1 Å². The van der Waals surface area contributed by atoms with Gasteiger partial charge in [-0.1, -0.05) is 11.6 Å². The molecular weight excluding hydrogens is 336 g/mol. The van der Waals surface area contributed by atoms with Gasteiger partial charge in [-0.05, 0) is 52.1 Å². The van der Waals surface area contributed by atoms with Crippen molar-refractivity contribution < 1.29 is 4.79 Å². The van der Waals surface area contributed by atoms with Crippen LogP contribution in [0.2, 0.25) is 5.02 Å². The van der Waals surface area contributed by atoms with Gasteiger partial charge in [-0.15, -0.1) is 0 Å². The van der Waals surface area contributed by atoms with Gasteiger partial charge in [0.15, 0.2) is 0 Å². The second kappa shape index (κ2) is 6.72. The summed E-state index contributed by atoms with van der Waals surface area (Å²) >= 11 is 6.15. The van der Waals surface area contributed by atoms with Crippen molar-refractivity contribution in [3.8, 4) is 0 Å². The van der Waals surface area contributed by atoms with Crippen LogP contribution in [-0.4, -0.2) is 60.0 Å². The number of carbonyl (C=O) groups excluding carboxylic acids is 1. The van der Waals surface area contributed by atoms with Gasteiger partial charge in [0, 0.05) is 53.6 Å². The molecule has 136 valence electrons. The number of piperazine rings is 1. The lowest BCUT2D eigenvalue weighted by atomic mass is 9.89. The summed E-state index contributed by atoms with van der Waals surface area (Å²) in [5.41, 5.74) is 8.02. The van der Waals surface area contributed by atoms with Crippen molar-refractivity contribution in [1.29, 1.82) is 0 Å². The van der Waals surface area contributed by atoms with Gasteiger partial charge in [0.2, 0.25) is 0 Å². The Kier molecular flexibility index (Phi) is 4.95. The molecule has 0 bridgehead atoms. The normalized spacial score (nSPS) is 30.4. The van der Waals surface area contributed by atoms with Gasteiger partial charge in [0.05, 0.1) is 5.54 Å². The molecule has 1 fully saturated rings. The molecule has 1 amide bonds. The Labute approximate surface area is 154 Å². The standard InChI is InChI=1S/C19H27ClN4O/c1-12(9-21)24-10-13(2)23(4)19(3,11-24)8-16-15-7-14(20)5-6-17(15)22-18(16)25/h5-8,12-13H,9-11,21H2,1-4H3,(H,22,25)/b16-8-. The third kappa shape index (κ3) is 3.34. The van der Waals surface area contributed by atoms with E-state index in [1.165, 1.54) is 0 Å². The quantitative estimate of drug-likeness (QED) is 0.811. The van der Waals surface area contributed by atoms with Gasteiger partial charge in [-0.2, -0.15) is 0 Å². The van der Waals surface area contributed by atoms with E-state index in [4.69, 9.17) is 17.3 Å². The first kappa shape index (κ1) is 18.4. The molecule has 0 spiro atoms. The highest BCUT2D eigenvalue weighted by Crippen LogP contribution is 2.37. The molecule has 2 aliphatic rings. The van der Waals surface area contributed by atoms with Crippen molar-refractivity contribution in [3.63, 3.8) is 0 Å². The largest absolute Gasteiger partial charge is 0.329 e. The van der Waals surface area contributed by atoms with E-state index in [0.717, 1.165) is 24.3 Å². The molecule has 1 saturated heterocycles. The van der Waals surface area contributed by atoms with Crippen molar-refractivity contribution in [1.82, 2.24) is 9.80 Å². The highest BCUT2D eigenvalue weighted by Gasteiger charge is 2.40. The van der Waals surface area contributed by atoms with Crippen LogP contribution >= 0.6 is 11.6 Å². The van der Waals surface area contributed by atoms with Gasteiger partial charge in [0.1, 0.15) is 0 Å². The summed E-state index contributed by atoms with van der Waals surface area (Å²) < 4.78 is 0. The van der Waals surface area contributed by atoms with Crippen LogP contribution in [-0.2, 0) is 4.79 Å². The Morgan fingerprint density at radius 2 is 2.24 bits per heavy atom. The van der Waals surface area contributed by atoms with Gasteiger partial charge in [0.25, 0.3) is 5.91 Å². The number of fused-ring (bicyclic) bond motifs is 1. The lowest BCUT2D eigenvalue weighted by Crippen LogP contribution is -2.64. The zero-order chi connectivity index (χ0) is 18.4. The fourth-order valence-electron chi connectivity index (χ4n) is 3.80. The summed E-state index contributed by atoms with van der Waals surface area (Å²) in [6.07, 6.45) is 2.09. The van der Waals surface area contributed by atoms with Crippen LogP contribution in [0.5, 0.6) is 0 Å². The first-order chi connectivity index (χ1) is 11.7. The molecule has 5 nitrogen and oxygen atoms in total. The van der Waals surface area contributed by atoms with Crippen LogP contribution in [0, 0.1) is 0 Å². The molecule has 1 aromatic rings. The Hall–Kier alpha value is -1.40. The lowest BCUT2D eigenvalue weighted by Gasteiger charge is -2.51. The summed E-state index contributed by atoms with van der Waals surface area (Å²) in [6, 6.07) is 6.19. The van der Waals surface area contributed by atoms with E-state index in [1.54, 1.807) is 6.07 Å². The van der Waals surface area contributed by atoms with E-state index in [9.17, 15) is 4.79 Å². The average Bonchev–Trinajstić information content (AvgIpc) is 2.86. The highest BCUT2D eigenvalue weighted by atomic mass is 35.5. The lowest BCUT2D eigenvalue weighted by molar-refractivity contribution is -0.110. The number of hydrogen-bond acceptors (Lipinski definition) is 4. The number of nitrogens with two attached hydrogens (primary N) is 1. The molecule has 0 aliphatic carbocycles. The maximum atomic E-state index is 12.5. The topological polar surface area (TPSA) is 61.6 Å². The third-order valence-electron chi connectivity index (χ3n) is 5.67. The van der Waals surface area contributed by atoms with Crippen LogP contribution in [0.4, 0.5) is 5.69 Å². The van der Waals surface area contributed by atoms with E-state index >= 15 is 0 Å². The molecule has 2 aliphatic heterocycles. The summed E-state index contributed by atoms with van der Waals surface area (Å²) in [5.74, 6) is -0.0662. The zero-order valence-corrected chi connectivity index (χ0v) is 16.1. The molecule has 25 heavy (non-hydrogen) atoms. The van der Waals surface area contributed by atoms with Crippen molar-refractivity contribution in [2.75, 3.05) is 32.0 Å². The Morgan fingerprint density at radius 1 is 1.52 bits per heavy atom. The summed E-state index contributed by atoms with van der Waals surface area (Å²) in [5, 5.41) is 3.57. The zero-order valence-electron chi connectivity index (χ0n) is 15.3. The van der Waals surface area contributed by atoms with Gasteiger partial charge in [-0.3, -0.25) is 14.6 Å². The number of halogens is 1. The summed E-state index contributed by atoms with van der Waals surface area (Å²) in [7, 11) is 2.12.